The van der Waals surface area contributed by atoms with Crippen molar-refractivity contribution in [3.63, 3.8) is 0 Å². The van der Waals surface area contributed by atoms with Crippen LogP contribution in [0.5, 0.6) is 0 Å². The molecule has 2 N–H and O–H groups in total. The summed E-state index contributed by atoms with van der Waals surface area (Å²) >= 11 is 0. The van der Waals surface area contributed by atoms with Gasteiger partial charge in [0.15, 0.2) is 0 Å². The zero-order valence-corrected chi connectivity index (χ0v) is 14.4. The number of rotatable bonds is 13. The molecule has 136 valence electrons. The number of hydrogen-bond donors (Lipinski definition) is 2. The molecule has 0 saturated carbocycles. The summed E-state index contributed by atoms with van der Waals surface area (Å²) in [7, 11) is 0. The highest BCUT2D eigenvalue weighted by Crippen LogP contribution is 2.11. The van der Waals surface area contributed by atoms with Crippen molar-refractivity contribution in [1.82, 2.24) is 5.32 Å². The highest BCUT2D eigenvalue weighted by atomic mass is 16.4. The molecule has 0 heterocycles. The Morgan fingerprint density at radius 1 is 1.04 bits per heavy atom. The third kappa shape index (κ3) is 9.37. The molecule has 1 atom stereocenters. The van der Waals surface area contributed by atoms with E-state index in [0.29, 0.717) is 18.5 Å². The van der Waals surface area contributed by atoms with Crippen molar-refractivity contribution < 1.29 is 14.7 Å². The first kappa shape index (κ1) is 20.5. The Labute approximate surface area is 148 Å². The fourth-order valence-electron chi connectivity index (χ4n) is 2.53. The molecule has 0 aliphatic heterocycles. The smallest absolute Gasteiger partial charge is 0.312 e. The summed E-state index contributed by atoms with van der Waals surface area (Å²) < 4.78 is 0. The molecule has 0 aromatic heterocycles. The van der Waals surface area contributed by atoms with Crippen LogP contribution in [0.2, 0.25) is 0 Å². The van der Waals surface area contributed by atoms with Crippen LogP contribution in [0.15, 0.2) is 35.4 Å². The molecule has 7 nitrogen and oxygen atoms in total. The summed E-state index contributed by atoms with van der Waals surface area (Å²) in [4.78, 5) is 25.2. The Hall–Kier alpha value is -2.53. The lowest BCUT2D eigenvalue weighted by Crippen LogP contribution is -2.24. The van der Waals surface area contributed by atoms with Gasteiger partial charge in [-0.2, -0.15) is 0 Å². The van der Waals surface area contributed by atoms with E-state index >= 15 is 0 Å². The Morgan fingerprint density at radius 2 is 1.64 bits per heavy atom. The Balaban J connectivity index is 1.96. The molecule has 1 aromatic rings. The van der Waals surface area contributed by atoms with Gasteiger partial charge < -0.3 is 10.4 Å². The molecule has 0 saturated heterocycles. The largest absolute Gasteiger partial charge is 0.481 e. The molecule has 0 fully saturated rings. The van der Waals surface area contributed by atoms with Gasteiger partial charge in [0.2, 0.25) is 0 Å². The summed E-state index contributed by atoms with van der Waals surface area (Å²) in [5.74, 6) is -1.09. The first-order chi connectivity index (χ1) is 12.1. The second-order valence-corrected chi connectivity index (χ2v) is 5.94. The third-order valence-electron chi connectivity index (χ3n) is 3.95. The van der Waals surface area contributed by atoms with Crippen molar-refractivity contribution in [3.8, 4) is 0 Å². The van der Waals surface area contributed by atoms with E-state index in [-0.39, 0.29) is 5.91 Å². The lowest BCUT2D eigenvalue weighted by Gasteiger charge is -2.06. The summed E-state index contributed by atoms with van der Waals surface area (Å²) in [6, 6.07) is 8.23. The predicted molar refractivity (Wildman–Crippen MR) is 96.3 cm³/mol. The minimum atomic E-state index is -1.06. The van der Waals surface area contributed by atoms with Crippen LogP contribution in [-0.2, 0) is 4.79 Å². The monoisotopic (exact) mass is 346 g/mol. The number of carbonyl (C=O) groups is 2. The maximum atomic E-state index is 11.8. The highest BCUT2D eigenvalue weighted by Gasteiger charge is 2.14. The van der Waals surface area contributed by atoms with E-state index in [9.17, 15) is 9.59 Å². The minimum Gasteiger partial charge on any atom is -0.481 e. The highest BCUT2D eigenvalue weighted by molar-refractivity contribution is 5.94. The van der Waals surface area contributed by atoms with Gasteiger partial charge in [0, 0.05) is 17.0 Å². The lowest BCUT2D eigenvalue weighted by atomic mass is 10.1. The number of benzene rings is 1. The zero-order valence-electron chi connectivity index (χ0n) is 14.4. The molecular weight excluding hydrogens is 320 g/mol. The van der Waals surface area contributed by atoms with E-state index in [1.54, 1.807) is 12.1 Å². The summed E-state index contributed by atoms with van der Waals surface area (Å²) in [6.07, 6.45) is 7.33. The van der Waals surface area contributed by atoms with Crippen LogP contribution in [0.1, 0.15) is 61.7 Å². The number of nitrogens with one attached hydrogen (secondary N) is 1. The van der Waals surface area contributed by atoms with E-state index in [1.165, 1.54) is 0 Å². The average Bonchev–Trinajstić information content (AvgIpc) is 2.62. The number of unbranched alkanes of at least 4 members (excludes halogenated alkanes) is 6. The second-order valence-electron chi connectivity index (χ2n) is 5.94. The topological polar surface area (TPSA) is 115 Å². The van der Waals surface area contributed by atoms with Crippen LogP contribution in [0.3, 0.4) is 0 Å². The SMILES string of the molecule is [N-]=[N+]=NC(CCCCCCCCCNC(=O)c1ccccc1)C(=O)O. The number of nitrogens with zero attached hydrogens (tertiary/aromatic N) is 3. The molecule has 1 rings (SSSR count). The number of carboxylic acids is 1. The molecule has 1 unspecified atom stereocenters. The number of carboxylic acid groups (broad SMARTS) is 1. The fourth-order valence-corrected chi connectivity index (χ4v) is 2.53. The number of aliphatic carboxylic acids is 1. The number of hydrogen-bond acceptors (Lipinski definition) is 3. The Kier molecular flexibility index (Phi) is 10.5. The molecule has 0 aliphatic rings. The first-order valence-corrected chi connectivity index (χ1v) is 8.75. The van der Waals surface area contributed by atoms with Gasteiger partial charge in [0.25, 0.3) is 5.91 Å². The van der Waals surface area contributed by atoms with Crippen LogP contribution in [0, 0.1) is 0 Å². The molecule has 0 spiro atoms. The fraction of sp³-hybridized carbons (Fsp3) is 0.556. The molecule has 0 aliphatic carbocycles. The van der Waals surface area contributed by atoms with Gasteiger partial charge in [0.05, 0.1) is 0 Å². The van der Waals surface area contributed by atoms with Gasteiger partial charge in [0.1, 0.15) is 6.04 Å². The van der Waals surface area contributed by atoms with E-state index < -0.39 is 12.0 Å². The van der Waals surface area contributed by atoms with E-state index in [0.717, 1.165) is 44.9 Å². The molecule has 1 amide bonds. The third-order valence-corrected chi connectivity index (χ3v) is 3.95. The lowest BCUT2D eigenvalue weighted by molar-refractivity contribution is -0.138. The molecule has 7 heteroatoms. The van der Waals surface area contributed by atoms with Crippen molar-refractivity contribution in [2.24, 2.45) is 5.11 Å². The second kappa shape index (κ2) is 12.8. The number of carbonyl (C=O) groups excluding carboxylic acids is 1. The first-order valence-electron chi connectivity index (χ1n) is 8.75. The summed E-state index contributed by atoms with van der Waals surface area (Å²) in [5, 5.41) is 15.0. The summed E-state index contributed by atoms with van der Waals surface area (Å²) in [6.45, 7) is 0.681. The van der Waals surface area contributed by atoms with Crippen LogP contribution in [0.25, 0.3) is 10.4 Å². The maximum Gasteiger partial charge on any atom is 0.312 e. The molecule has 25 heavy (non-hydrogen) atoms. The van der Waals surface area contributed by atoms with Gasteiger partial charge in [-0.25, -0.2) is 0 Å². The minimum absolute atomic E-state index is 0.0337. The standard InChI is InChI=1S/C18H26N4O3/c19-22-21-16(18(24)25)13-9-4-2-1-3-5-10-14-20-17(23)15-11-7-6-8-12-15/h6-8,11-12,16H,1-5,9-10,13-14H2,(H,20,23)(H,24,25). The quantitative estimate of drug-likeness (QED) is 0.240. The van der Waals surface area contributed by atoms with Gasteiger partial charge in [-0.05, 0) is 30.5 Å². The molecule has 0 bridgehead atoms. The van der Waals surface area contributed by atoms with Crippen molar-refractivity contribution in [1.29, 1.82) is 0 Å². The molecular formula is C18H26N4O3. The van der Waals surface area contributed by atoms with Crippen LogP contribution in [-0.4, -0.2) is 29.6 Å². The number of amides is 1. The van der Waals surface area contributed by atoms with E-state index in [4.69, 9.17) is 10.6 Å². The Bertz CT molecular complexity index is 569. The van der Waals surface area contributed by atoms with Gasteiger partial charge in [-0.1, -0.05) is 61.8 Å². The van der Waals surface area contributed by atoms with Gasteiger partial charge in [-0.15, -0.1) is 0 Å². The zero-order chi connectivity index (χ0) is 18.3. The Morgan fingerprint density at radius 3 is 2.24 bits per heavy atom. The van der Waals surface area contributed by atoms with Crippen molar-refractivity contribution in [2.75, 3.05) is 6.54 Å². The van der Waals surface area contributed by atoms with Gasteiger partial charge >= 0.3 is 5.97 Å². The van der Waals surface area contributed by atoms with Crippen molar-refractivity contribution >= 4 is 11.9 Å². The number of azide groups is 1. The van der Waals surface area contributed by atoms with Crippen LogP contribution < -0.4 is 5.32 Å². The molecule has 0 radical (unpaired) electrons. The summed E-state index contributed by atoms with van der Waals surface area (Å²) in [5.41, 5.74) is 8.98. The van der Waals surface area contributed by atoms with Crippen LogP contribution >= 0.6 is 0 Å². The van der Waals surface area contributed by atoms with Crippen LogP contribution in [0.4, 0.5) is 0 Å². The van der Waals surface area contributed by atoms with Crippen molar-refractivity contribution in [3.05, 3.63) is 46.3 Å². The van der Waals surface area contributed by atoms with Crippen molar-refractivity contribution in [2.45, 2.75) is 57.4 Å². The van der Waals surface area contributed by atoms with E-state index in [2.05, 4.69) is 15.3 Å². The molecule has 1 aromatic carbocycles. The predicted octanol–water partition coefficient (Wildman–Crippen LogP) is 4.30. The van der Waals surface area contributed by atoms with E-state index in [1.807, 2.05) is 18.2 Å². The average molecular weight is 346 g/mol. The normalized spacial score (nSPS) is 11.4. The van der Waals surface area contributed by atoms with Gasteiger partial charge in [-0.3, -0.25) is 9.59 Å². The maximum absolute atomic E-state index is 11.8.